The number of anilines is 1. The van der Waals surface area contributed by atoms with Gasteiger partial charge in [0.05, 0.1) is 17.9 Å². The number of hydrogen-bond acceptors (Lipinski definition) is 4. The van der Waals surface area contributed by atoms with E-state index >= 15 is 0 Å². The first-order chi connectivity index (χ1) is 10.0. The van der Waals surface area contributed by atoms with Gasteiger partial charge in [0.1, 0.15) is 12.4 Å². The van der Waals surface area contributed by atoms with Gasteiger partial charge in [-0.2, -0.15) is 0 Å². The summed E-state index contributed by atoms with van der Waals surface area (Å²) in [6.45, 7) is 6.13. The lowest BCUT2D eigenvalue weighted by atomic mass is 10.0. The lowest BCUT2D eigenvalue weighted by Gasteiger charge is -2.38. The van der Waals surface area contributed by atoms with Gasteiger partial charge in [0.25, 0.3) is 5.91 Å². The van der Waals surface area contributed by atoms with Crippen molar-refractivity contribution in [3.8, 4) is 5.75 Å². The molecule has 0 bridgehead atoms. The number of halogens is 1. The number of carbonyl (C=O) groups excluding carboxylic acids is 1. The molecule has 0 radical (unpaired) electrons. The highest BCUT2D eigenvalue weighted by Gasteiger charge is 2.33. The maximum absolute atomic E-state index is 12.0. The molecule has 1 fully saturated rings. The van der Waals surface area contributed by atoms with Crippen molar-refractivity contribution >= 4 is 23.2 Å². The SMILES string of the molecule is CCCOc1ccc(Cl)cc1NC(=O)COC1(C)CNC1. The molecule has 0 aliphatic carbocycles. The van der Waals surface area contributed by atoms with Gasteiger partial charge < -0.3 is 20.1 Å². The van der Waals surface area contributed by atoms with Crippen molar-refractivity contribution in [2.75, 3.05) is 31.6 Å². The van der Waals surface area contributed by atoms with E-state index in [1.807, 2.05) is 13.8 Å². The first-order valence-corrected chi connectivity index (χ1v) is 7.47. The lowest BCUT2D eigenvalue weighted by molar-refractivity contribution is -0.130. The van der Waals surface area contributed by atoms with Crippen LogP contribution >= 0.6 is 11.6 Å². The standard InChI is InChI=1S/C15H21ClN2O3/c1-3-6-20-13-5-4-11(16)7-12(13)18-14(19)8-21-15(2)9-17-10-15/h4-5,7,17H,3,6,8-10H2,1-2H3,(H,18,19). The summed E-state index contributed by atoms with van der Waals surface area (Å²) < 4.78 is 11.2. The number of hydrogen-bond donors (Lipinski definition) is 2. The van der Waals surface area contributed by atoms with Crippen LogP contribution in [0, 0.1) is 0 Å². The van der Waals surface area contributed by atoms with Crippen LogP contribution in [0.25, 0.3) is 0 Å². The van der Waals surface area contributed by atoms with Crippen molar-refractivity contribution in [2.45, 2.75) is 25.9 Å². The zero-order valence-corrected chi connectivity index (χ0v) is 13.1. The summed E-state index contributed by atoms with van der Waals surface area (Å²) in [5.74, 6) is 0.401. The quantitative estimate of drug-likeness (QED) is 0.812. The molecule has 21 heavy (non-hydrogen) atoms. The van der Waals surface area contributed by atoms with Crippen LogP contribution < -0.4 is 15.4 Å². The summed E-state index contributed by atoms with van der Waals surface area (Å²) in [7, 11) is 0. The smallest absolute Gasteiger partial charge is 0.250 e. The fraction of sp³-hybridized carbons (Fsp3) is 0.533. The van der Waals surface area contributed by atoms with Crippen molar-refractivity contribution in [2.24, 2.45) is 0 Å². The van der Waals surface area contributed by atoms with E-state index < -0.39 is 0 Å². The summed E-state index contributed by atoms with van der Waals surface area (Å²) >= 11 is 5.97. The average Bonchev–Trinajstić information content (AvgIpc) is 2.42. The van der Waals surface area contributed by atoms with Gasteiger partial charge in [-0.05, 0) is 31.5 Å². The number of rotatable bonds is 7. The third-order valence-electron chi connectivity index (χ3n) is 3.23. The molecule has 5 nitrogen and oxygen atoms in total. The van der Waals surface area contributed by atoms with E-state index in [1.54, 1.807) is 18.2 Å². The number of benzene rings is 1. The molecular weight excluding hydrogens is 292 g/mol. The largest absolute Gasteiger partial charge is 0.491 e. The van der Waals surface area contributed by atoms with Crippen molar-refractivity contribution in [3.63, 3.8) is 0 Å². The normalized spacial score (nSPS) is 16.1. The first-order valence-electron chi connectivity index (χ1n) is 7.09. The molecule has 2 N–H and O–H groups in total. The predicted molar refractivity (Wildman–Crippen MR) is 83.1 cm³/mol. The Hall–Kier alpha value is -1.30. The fourth-order valence-electron chi connectivity index (χ4n) is 1.94. The van der Waals surface area contributed by atoms with E-state index in [4.69, 9.17) is 21.1 Å². The minimum atomic E-state index is -0.243. The summed E-state index contributed by atoms with van der Waals surface area (Å²) in [6, 6.07) is 5.17. The van der Waals surface area contributed by atoms with E-state index in [9.17, 15) is 4.79 Å². The third-order valence-corrected chi connectivity index (χ3v) is 3.46. The van der Waals surface area contributed by atoms with E-state index in [1.165, 1.54) is 0 Å². The van der Waals surface area contributed by atoms with Crippen molar-refractivity contribution < 1.29 is 14.3 Å². The van der Waals surface area contributed by atoms with Gasteiger partial charge in [0.15, 0.2) is 0 Å². The number of nitrogens with one attached hydrogen (secondary N) is 2. The molecule has 1 amide bonds. The Morgan fingerprint density at radius 1 is 1.48 bits per heavy atom. The predicted octanol–water partition coefficient (Wildman–Crippen LogP) is 2.45. The molecule has 1 heterocycles. The maximum atomic E-state index is 12.0. The van der Waals surface area contributed by atoms with Gasteiger partial charge in [-0.25, -0.2) is 0 Å². The lowest BCUT2D eigenvalue weighted by Crippen LogP contribution is -2.59. The molecule has 0 unspecified atom stereocenters. The first kappa shape index (κ1) is 16.1. The Bertz CT molecular complexity index is 504. The minimum Gasteiger partial charge on any atom is -0.491 e. The Labute approximate surface area is 130 Å². The second-order valence-electron chi connectivity index (χ2n) is 5.38. The number of amides is 1. The van der Waals surface area contributed by atoms with E-state index in [2.05, 4.69) is 10.6 Å². The van der Waals surface area contributed by atoms with Gasteiger partial charge in [0.2, 0.25) is 0 Å². The van der Waals surface area contributed by atoms with Crippen molar-refractivity contribution in [1.82, 2.24) is 5.32 Å². The van der Waals surface area contributed by atoms with Crippen LogP contribution in [0.4, 0.5) is 5.69 Å². The van der Waals surface area contributed by atoms with Crippen LogP contribution in [0.1, 0.15) is 20.3 Å². The van der Waals surface area contributed by atoms with Gasteiger partial charge in [-0.1, -0.05) is 18.5 Å². The molecule has 0 spiro atoms. The highest BCUT2D eigenvalue weighted by molar-refractivity contribution is 6.31. The van der Waals surface area contributed by atoms with Gasteiger partial charge in [-0.3, -0.25) is 4.79 Å². The van der Waals surface area contributed by atoms with Gasteiger partial charge in [-0.15, -0.1) is 0 Å². The monoisotopic (exact) mass is 312 g/mol. The van der Waals surface area contributed by atoms with E-state index in [0.717, 1.165) is 19.5 Å². The second kappa shape index (κ2) is 7.11. The van der Waals surface area contributed by atoms with E-state index in [-0.39, 0.29) is 18.1 Å². The maximum Gasteiger partial charge on any atom is 0.250 e. The number of carbonyl (C=O) groups is 1. The average molecular weight is 313 g/mol. The third kappa shape index (κ3) is 4.59. The van der Waals surface area contributed by atoms with Crippen molar-refractivity contribution in [3.05, 3.63) is 23.2 Å². The number of ether oxygens (including phenoxy) is 2. The molecular formula is C15H21ClN2O3. The van der Waals surface area contributed by atoms with Gasteiger partial charge >= 0.3 is 0 Å². The zero-order valence-electron chi connectivity index (χ0n) is 12.4. The summed E-state index contributed by atoms with van der Waals surface area (Å²) in [5.41, 5.74) is 0.328. The summed E-state index contributed by atoms with van der Waals surface area (Å²) in [5, 5.41) is 6.45. The van der Waals surface area contributed by atoms with Crippen LogP contribution in [0.2, 0.25) is 5.02 Å². The molecule has 1 aromatic rings. The van der Waals surface area contributed by atoms with Crippen LogP contribution in [-0.4, -0.2) is 37.8 Å². The molecule has 1 aromatic carbocycles. The van der Waals surface area contributed by atoms with Gasteiger partial charge in [0, 0.05) is 18.1 Å². The summed E-state index contributed by atoms with van der Waals surface area (Å²) in [4.78, 5) is 12.0. The minimum absolute atomic E-state index is 0.0118. The molecule has 1 saturated heterocycles. The van der Waals surface area contributed by atoms with E-state index in [0.29, 0.717) is 23.1 Å². The second-order valence-corrected chi connectivity index (χ2v) is 5.82. The molecule has 0 atom stereocenters. The Balaban J connectivity index is 1.93. The molecule has 2 rings (SSSR count). The molecule has 1 aliphatic rings. The highest BCUT2D eigenvalue weighted by Crippen LogP contribution is 2.28. The highest BCUT2D eigenvalue weighted by atomic mass is 35.5. The Morgan fingerprint density at radius 3 is 2.86 bits per heavy atom. The molecule has 1 aliphatic heterocycles. The fourth-order valence-corrected chi connectivity index (χ4v) is 2.12. The molecule has 0 saturated carbocycles. The summed E-state index contributed by atoms with van der Waals surface area (Å²) in [6.07, 6.45) is 0.893. The van der Waals surface area contributed by atoms with Crippen LogP contribution in [0.3, 0.4) is 0 Å². The Kier molecular flexibility index (Phi) is 5.45. The topological polar surface area (TPSA) is 59.6 Å². The molecule has 6 heteroatoms. The van der Waals surface area contributed by atoms with Crippen molar-refractivity contribution in [1.29, 1.82) is 0 Å². The van der Waals surface area contributed by atoms with Crippen LogP contribution in [0.15, 0.2) is 18.2 Å². The molecule has 116 valence electrons. The Morgan fingerprint density at radius 2 is 2.24 bits per heavy atom. The zero-order chi connectivity index (χ0) is 15.3. The molecule has 0 aromatic heterocycles. The van der Waals surface area contributed by atoms with Crippen LogP contribution in [0.5, 0.6) is 5.75 Å². The van der Waals surface area contributed by atoms with Crippen LogP contribution in [-0.2, 0) is 9.53 Å².